The van der Waals surface area contributed by atoms with Crippen LogP contribution in [0.3, 0.4) is 0 Å². The van der Waals surface area contributed by atoms with E-state index in [0.717, 1.165) is 49.0 Å². The average molecular weight is 553 g/mol. The number of carbonyl (C=O) groups excluding carboxylic acids is 3. The number of amides is 2. The van der Waals surface area contributed by atoms with Gasteiger partial charge in [-0.2, -0.15) is 5.10 Å². The summed E-state index contributed by atoms with van der Waals surface area (Å²) >= 11 is 1.53. The maximum absolute atomic E-state index is 13.4. The Labute approximate surface area is 229 Å². The van der Waals surface area contributed by atoms with Gasteiger partial charge in [-0.15, -0.1) is 21.5 Å². The second-order valence-electron chi connectivity index (χ2n) is 10.6. The SMILES string of the molecule is COC(=O)c1nn(C)c(Nc2nncn2[C@H]2CCc3sc(NC(=O)C4CC4)c(C(=O)NCC4CC4)c3C2)c1C. The monoisotopic (exact) mass is 552 g/mol. The van der Waals surface area contributed by atoms with E-state index in [0.29, 0.717) is 46.8 Å². The first-order valence-corrected chi connectivity index (χ1v) is 14.2. The molecule has 3 aliphatic rings. The highest BCUT2D eigenvalue weighted by molar-refractivity contribution is 7.17. The molecule has 0 unspecified atom stereocenters. The van der Waals surface area contributed by atoms with Crippen LogP contribution in [0.25, 0.3) is 0 Å². The van der Waals surface area contributed by atoms with Gasteiger partial charge in [0.05, 0.1) is 12.7 Å². The van der Waals surface area contributed by atoms with E-state index in [2.05, 4.69) is 31.2 Å². The van der Waals surface area contributed by atoms with Crippen LogP contribution < -0.4 is 16.0 Å². The van der Waals surface area contributed by atoms with Crippen molar-refractivity contribution < 1.29 is 19.1 Å². The summed E-state index contributed by atoms with van der Waals surface area (Å²) in [6.07, 6.45) is 8.01. The number of hydrogen-bond acceptors (Lipinski definition) is 9. The summed E-state index contributed by atoms with van der Waals surface area (Å²) in [6.45, 7) is 2.46. The predicted octanol–water partition coefficient (Wildman–Crippen LogP) is 3.13. The number of aryl methyl sites for hydroxylation is 2. The minimum absolute atomic E-state index is 0.000164. The van der Waals surface area contributed by atoms with Gasteiger partial charge in [-0.1, -0.05) is 0 Å². The van der Waals surface area contributed by atoms with Crippen molar-refractivity contribution in [3.63, 3.8) is 0 Å². The van der Waals surface area contributed by atoms with Gasteiger partial charge in [0.1, 0.15) is 17.1 Å². The molecule has 0 bridgehead atoms. The molecule has 206 valence electrons. The van der Waals surface area contributed by atoms with E-state index in [1.54, 1.807) is 25.0 Å². The third-order valence-corrected chi connectivity index (χ3v) is 8.96. The lowest BCUT2D eigenvalue weighted by Gasteiger charge is -2.25. The molecule has 2 saturated carbocycles. The van der Waals surface area contributed by atoms with Gasteiger partial charge in [-0.05, 0) is 63.4 Å². The summed E-state index contributed by atoms with van der Waals surface area (Å²) in [5, 5.41) is 22.8. The van der Waals surface area contributed by atoms with Crippen molar-refractivity contribution in [3.8, 4) is 0 Å². The number of fused-ring (bicyclic) bond motifs is 1. The van der Waals surface area contributed by atoms with Crippen molar-refractivity contribution in [1.29, 1.82) is 0 Å². The molecule has 2 fully saturated rings. The molecule has 39 heavy (non-hydrogen) atoms. The van der Waals surface area contributed by atoms with Crippen molar-refractivity contribution in [1.82, 2.24) is 29.9 Å². The van der Waals surface area contributed by atoms with Crippen LogP contribution in [-0.2, 0) is 29.4 Å². The van der Waals surface area contributed by atoms with Crippen LogP contribution in [0, 0.1) is 18.8 Å². The highest BCUT2D eigenvalue weighted by Crippen LogP contribution is 2.43. The lowest BCUT2D eigenvalue weighted by atomic mass is 9.91. The molecule has 6 rings (SSSR count). The number of methoxy groups -OCH3 is 1. The van der Waals surface area contributed by atoms with Crippen LogP contribution in [0.15, 0.2) is 6.33 Å². The van der Waals surface area contributed by atoms with Gasteiger partial charge < -0.3 is 20.7 Å². The minimum atomic E-state index is -0.507. The number of ether oxygens (including phenoxy) is 1. The quantitative estimate of drug-likeness (QED) is 0.343. The van der Waals surface area contributed by atoms with Crippen LogP contribution in [0.1, 0.15) is 75.0 Å². The van der Waals surface area contributed by atoms with Crippen molar-refractivity contribution in [2.24, 2.45) is 18.9 Å². The third kappa shape index (κ3) is 5.02. The third-order valence-electron chi connectivity index (χ3n) is 7.75. The lowest BCUT2D eigenvalue weighted by Crippen LogP contribution is -2.28. The smallest absolute Gasteiger partial charge is 0.358 e. The normalized spacial score (nSPS) is 18.4. The first kappa shape index (κ1) is 25.5. The molecular formula is C26H32N8O4S. The average Bonchev–Trinajstić information content (AvgIpc) is 3.85. The zero-order valence-corrected chi connectivity index (χ0v) is 23.1. The van der Waals surface area contributed by atoms with Crippen LogP contribution in [0.2, 0.25) is 0 Å². The van der Waals surface area contributed by atoms with Crippen LogP contribution in [0.5, 0.6) is 0 Å². The first-order chi connectivity index (χ1) is 18.8. The fourth-order valence-corrected chi connectivity index (χ4v) is 6.38. The number of nitrogens with zero attached hydrogens (tertiary/aromatic N) is 5. The summed E-state index contributed by atoms with van der Waals surface area (Å²) in [6, 6.07) is 0.000164. The van der Waals surface area contributed by atoms with Crippen molar-refractivity contribution >= 4 is 45.9 Å². The topological polar surface area (TPSA) is 145 Å². The molecule has 2 amide bonds. The van der Waals surface area contributed by atoms with Gasteiger partial charge in [-0.3, -0.25) is 18.8 Å². The van der Waals surface area contributed by atoms with Crippen molar-refractivity contribution in [3.05, 3.63) is 33.6 Å². The standard InChI is InChI=1S/C26H32N8O4S/c1-13-20(25(37)38-3)32-33(2)21(13)29-26-31-28-12-34(26)16-8-9-18-17(10-16)19(23(36)27-11-14-4-5-14)24(39-18)30-22(35)15-6-7-15/h12,14-16H,4-11H2,1-3H3,(H,27,36)(H,29,31)(H,30,35)/t16-/m0/s1. The molecule has 0 aliphatic heterocycles. The Kier molecular flexibility index (Phi) is 6.61. The Morgan fingerprint density at radius 1 is 1.18 bits per heavy atom. The number of nitrogens with one attached hydrogen (secondary N) is 3. The number of esters is 1. The van der Waals surface area contributed by atoms with Crippen LogP contribution in [-0.4, -0.2) is 56.0 Å². The summed E-state index contributed by atoms with van der Waals surface area (Å²) < 4.78 is 8.40. The van der Waals surface area contributed by atoms with Crippen LogP contribution in [0.4, 0.5) is 16.8 Å². The van der Waals surface area contributed by atoms with E-state index >= 15 is 0 Å². The van der Waals surface area contributed by atoms with Crippen LogP contribution >= 0.6 is 11.3 Å². The van der Waals surface area contributed by atoms with Gasteiger partial charge in [0.15, 0.2) is 5.69 Å². The molecule has 0 saturated heterocycles. The zero-order chi connectivity index (χ0) is 27.3. The van der Waals surface area contributed by atoms with E-state index < -0.39 is 5.97 Å². The van der Waals surface area contributed by atoms with Gasteiger partial charge in [0, 0.05) is 36.0 Å². The molecule has 3 aromatic rings. The molecule has 3 N–H and O–H groups in total. The van der Waals surface area contributed by atoms with Gasteiger partial charge in [0.25, 0.3) is 5.91 Å². The number of anilines is 3. The highest BCUT2D eigenvalue weighted by Gasteiger charge is 2.35. The fraction of sp³-hybridized carbons (Fsp3) is 0.538. The number of hydrogen-bond donors (Lipinski definition) is 3. The molecule has 1 atom stereocenters. The summed E-state index contributed by atoms with van der Waals surface area (Å²) in [5.74, 6) is 1.12. The Morgan fingerprint density at radius 3 is 2.69 bits per heavy atom. The zero-order valence-electron chi connectivity index (χ0n) is 22.2. The lowest BCUT2D eigenvalue weighted by molar-refractivity contribution is -0.117. The maximum Gasteiger partial charge on any atom is 0.358 e. The maximum atomic E-state index is 13.4. The molecule has 0 aromatic carbocycles. The Balaban J connectivity index is 1.27. The number of aromatic nitrogens is 5. The summed E-state index contributed by atoms with van der Waals surface area (Å²) in [7, 11) is 3.07. The first-order valence-electron chi connectivity index (χ1n) is 13.4. The number of rotatable bonds is 9. The molecule has 3 aliphatic carbocycles. The number of thiophene rings is 1. The van der Waals surface area contributed by atoms with E-state index in [1.807, 2.05) is 4.57 Å². The van der Waals surface area contributed by atoms with Gasteiger partial charge >= 0.3 is 5.97 Å². The molecule has 13 heteroatoms. The van der Waals surface area contributed by atoms with E-state index in [9.17, 15) is 14.4 Å². The van der Waals surface area contributed by atoms with Gasteiger partial charge in [0.2, 0.25) is 11.9 Å². The molecule has 0 radical (unpaired) electrons. The summed E-state index contributed by atoms with van der Waals surface area (Å²) in [5.41, 5.74) is 2.47. The van der Waals surface area contributed by atoms with Gasteiger partial charge in [-0.25, -0.2) is 4.79 Å². The largest absolute Gasteiger partial charge is 0.464 e. The van der Waals surface area contributed by atoms with E-state index in [1.165, 1.54) is 18.4 Å². The molecule has 0 spiro atoms. The Hall–Kier alpha value is -3.74. The second kappa shape index (κ2) is 10.1. The second-order valence-corrected chi connectivity index (χ2v) is 11.8. The molecular weight excluding hydrogens is 520 g/mol. The Morgan fingerprint density at radius 2 is 1.97 bits per heavy atom. The predicted molar refractivity (Wildman–Crippen MR) is 144 cm³/mol. The number of carbonyl (C=O) groups is 3. The van der Waals surface area contributed by atoms with Crippen molar-refractivity contribution in [2.45, 2.75) is 57.9 Å². The Bertz CT molecular complexity index is 1450. The minimum Gasteiger partial charge on any atom is -0.464 e. The highest BCUT2D eigenvalue weighted by atomic mass is 32.1. The van der Waals surface area contributed by atoms with E-state index in [-0.39, 0.29) is 29.5 Å². The van der Waals surface area contributed by atoms with E-state index in [4.69, 9.17) is 4.74 Å². The summed E-state index contributed by atoms with van der Waals surface area (Å²) in [4.78, 5) is 39.3. The molecule has 3 heterocycles. The van der Waals surface area contributed by atoms with Crippen molar-refractivity contribution in [2.75, 3.05) is 24.3 Å². The fourth-order valence-electron chi connectivity index (χ4n) is 5.14. The molecule has 12 nitrogen and oxygen atoms in total. The molecule has 3 aromatic heterocycles.